The smallest absolute Gasteiger partial charge is 0.326 e. The van der Waals surface area contributed by atoms with Crippen molar-refractivity contribution in [3.63, 3.8) is 0 Å². The molecule has 0 aliphatic heterocycles. The molecule has 148 valence electrons. The summed E-state index contributed by atoms with van der Waals surface area (Å²) < 4.78 is 12.2. The molecule has 4 rings (SSSR count). The molecule has 0 radical (unpaired) electrons. The molecule has 0 aliphatic rings. The number of benzene rings is 2. The Balaban J connectivity index is 1.42. The maximum atomic E-state index is 12.5. The Kier molecular flexibility index (Phi) is 4.86. The molecular formula is C20H19N5O4. The van der Waals surface area contributed by atoms with Crippen LogP contribution in [0.3, 0.4) is 0 Å². The summed E-state index contributed by atoms with van der Waals surface area (Å²) in [6.07, 6.45) is 0. The summed E-state index contributed by atoms with van der Waals surface area (Å²) in [7, 11) is 0. The van der Waals surface area contributed by atoms with Crippen LogP contribution in [0.5, 0.6) is 5.75 Å². The van der Waals surface area contributed by atoms with Crippen LogP contribution in [-0.2, 0) is 13.2 Å². The summed E-state index contributed by atoms with van der Waals surface area (Å²) in [5.41, 5.74) is 2.28. The lowest BCUT2D eigenvalue weighted by Crippen LogP contribution is -2.14. The number of H-pyrrole nitrogens is 1. The molecule has 0 atom stereocenters. The molecule has 9 nitrogen and oxygen atoms in total. The second-order valence-corrected chi connectivity index (χ2v) is 6.41. The van der Waals surface area contributed by atoms with Gasteiger partial charge in [-0.05, 0) is 56.3 Å². The van der Waals surface area contributed by atoms with E-state index in [0.29, 0.717) is 40.8 Å². The van der Waals surface area contributed by atoms with Crippen LogP contribution in [0.25, 0.3) is 11.0 Å². The predicted octanol–water partition coefficient (Wildman–Crippen LogP) is 2.87. The lowest BCUT2D eigenvalue weighted by Gasteiger charge is -2.08. The van der Waals surface area contributed by atoms with Crippen molar-refractivity contribution < 1.29 is 14.1 Å². The van der Waals surface area contributed by atoms with E-state index >= 15 is 0 Å². The predicted molar refractivity (Wildman–Crippen MR) is 106 cm³/mol. The molecule has 29 heavy (non-hydrogen) atoms. The molecule has 0 unspecified atom stereocenters. The summed E-state index contributed by atoms with van der Waals surface area (Å²) in [5.74, 6) is 1.28. The van der Waals surface area contributed by atoms with Gasteiger partial charge in [-0.1, -0.05) is 5.16 Å². The number of ether oxygens (including phenoxy) is 1. The van der Waals surface area contributed by atoms with Crippen molar-refractivity contribution in [1.29, 1.82) is 0 Å². The maximum Gasteiger partial charge on any atom is 0.326 e. The first-order valence-corrected chi connectivity index (χ1v) is 9.09. The van der Waals surface area contributed by atoms with E-state index in [1.165, 1.54) is 0 Å². The van der Waals surface area contributed by atoms with Gasteiger partial charge in [0.1, 0.15) is 5.75 Å². The number of rotatable bonds is 6. The molecule has 2 N–H and O–H groups in total. The van der Waals surface area contributed by atoms with Gasteiger partial charge in [-0.3, -0.25) is 9.36 Å². The molecule has 0 fully saturated rings. The summed E-state index contributed by atoms with van der Waals surface area (Å²) in [6.45, 7) is 4.36. The first-order chi connectivity index (χ1) is 14.0. The van der Waals surface area contributed by atoms with Crippen molar-refractivity contribution >= 4 is 22.6 Å². The molecule has 2 aromatic heterocycles. The van der Waals surface area contributed by atoms with E-state index in [1.807, 2.05) is 6.92 Å². The van der Waals surface area contributed by atoms with Crippen LogP contribution in [-0.4, -0.2) is 25.6 Å². The lowest BCUT2D eigenvalue weighted by atomic mass is 10.2. The number of aryl methyl sites for hydroxylation is 2. The van der Waals surface area contributed by atoms with Crippen molar-refractivity contribution in [1.82, 2.24) is 19.7 Å². The van der Waals surface area contributed by atoms with Gasteiger partial charge in [-0.25, -0.2) is 4.79 Å². The number of anilines is 1. The third-order valence-electron chi connectivity index (χ3n) is 4.40. The van der Waals surface area contributed by atoms with E-state index < -0.39 is 0 Å². The lowest BCUT2D eigenvalue weighted by molar-refractivity contribution is 0.102. The summed E-state index contributed by atoms with van der Waals surface area (Å²) in [5, 5.41) is 6.53. The Hall–Kier alpha value is -3.88. The second-order valence-electron chi connectivity index (χ2n) is 6.41. The first kappa shape index (κ1) is 18.5. The van der Waals surface area contributed by atoms with Gasteiger partial charge >= 0.3 is 5.69 Å². The number of nitrogens with one attached hydrogen (secondary N) is 2. The fraction of sp³-hybridized carbons (Fsp3) is 0.200. The fourth-order valence-corrected chi connectivity index (χ4v) is 3.00. The molecule has 1 amide bonds. The van der Waals surface area contributed by atoms with E-state index in [4.69, 9.17) is 9.26 Å². The standard InChI is InChI=1S/C20H19N5O4/c1-3-25-17-9-4-13(10-16(17)23-20(25)27)19(26)22-14-5-7-15(8-6-14)28-11-18-21-12(2)24-29-18/h4-10H,3,11H2,1-2H3,(H,22,26)(H,23,27). The molecule has 0 bridgehead atoms. The third kappa shape index (κ3) is 3.88. The van der Waals surface area contributed by atoms with E-state index in [-0.39, 0.29) is 18.2 Å². The SMILES string of the molecule is CCn1c(=O)[nH]c2cc(C(=O)Nc3ccc(OCc4nc(C)no4)cc3)ccc21. The van der Waals surface area contributed by atoms with Gasteiger partial charge in [0, 0.05) is 17.8 Å². The van der Waals surface area contributed by atoms with Crippen LogP contribution >= 0.6 is 0 Å². The Bertz CT molecular complexity index is 1220. The summed E-state index contributed by atoms with van der Waals surface area (Å²) in [6, 6.07) is 12.1. The Morgan fingerprint density at radius 2 is 2.03 bits per heavy atom. The quantitative estimate of drug-likeness (QED) is 0.520. The van der Waals surface area contributed by atoms with Crippen molar-refractivity contribution in [2.24, 2.45) is 0 Å². The highest BCUT2D eigenvalue weighted by atomic mass is 16.5. The van der Waals surface area contributed by atoms with Crippen molar-refractivity contribution in [2.45, 2.75) is 27.0 Å². The molecule has 0 spiro atoms. The molecular weight excluding hydrogens is 374 g/mol. The van der Waals surface area contributed by atoms with Gasteiger partial charge in [-0.2, -0.15) is 4.98 Å². The molecule has 9 heteroatoms. The fourth-order valence-electron chi connectivity index (χ4n) is 3.00. The van der Waals surface area contributed by atoms with Gasteiger partial charge < -0.3 is 19.6 Å². The maximum absolute atomic E-state index is 12.5. The first-order valence-electron chi connectivity index (χ1n) is 9.09. The zero-order valence-electron chi connectivity index (χ0n) is 15.9. The number of hydrogen-bond donors (Lipinski definition) is 2. The van der Waals surface area contributed by atoms with E-state index in [1.54, 1.807) is 54.0 Å². The molecule has 4 aromatic rings. The van der Waals surface area contributed by atoms with Gasteiger partial charge in [0.05, 0.1) is 11.0 Å². The number of fused-ring (bicyclic) bond motifs is 1. The van der Waals surface area contributed by atoms with Crippen molar-refractivity contribution in [3.05, 3.63) is 70.2 Å². The van der Waals surface area contributed by atoms with Gasteiger partial charge in [0.15, 0.2) is 12.4 Å². The second kappa shape index (κ2) is 7.63. The van der Waals surface area contributed by atoms with Crippen LogP contribution in [0.4, 0.5) is 5.69 Å². The monoisotopic (exact) mass is 393 g/mol. The highest BCUT2D eigenvalue weighted by Crippen LogP contribution is 2.19. The number of imidazole rings is 1. The molecule has 0 saturated carbocycles. The van der Waals surface area contributed by atoms with Crippen LogP contribution in [0, 0.1) is 6.92 Å². The summed E-state index contributed by atoms with van der Waals surface area (Å²) in [4.78, 5) is 31.3. The normalized spacial score (nSPS) is 11.0. The Morgan fingerprint density at radius 1 is 1.24 bits per heavy atom. The number of aromatic nitrogens is 4. The Morgan fingerprint density at radius 3 is 2.72 bits per heavy atom. The number of carbonyl (C=O) groups is 1. The highest BCUT2D eigenvalue weighted by molar-refractivity contribution is 6.05. The van der Waals surface area contributed by atoms with Gasteiger partial charge in [-0.15, -0.1) is 0 Å². The number of hydrogen-bond acceptors (Lipinski definition) is 6. The van der Waals surface area contributed by atoms with Gasteiger partial charge in [0.2, 0.25) is 0 Å². The number of amides is 1. The minimum atomic E-state index is -0.271. The minimum absolute atomic E-state index is 0.169. The van der Waals surface area contributed by atoms with Crippen molar-refractivity contribution in [3.8, 4) is 5.75 Å². The highest BCUT2D eigenvalue weighted by Gasteiger charge is 2.11. The zero-order chi connectivity index (χ0) is 20.4. The largest absolute Gasteiger partial charge is 0.484 e. The average Bonchev–Trinajstić information content (AvgIpc) is 3.28. The molecule has 0 aliphatic carbocycles. The minimum Gasteiger partial charge on any atom is -0.484 e. The number of aromatic amines is 1. The van der Waals surface area contributed by atoms with Crippen LogP contribution in [0.2, 0.25) is 0 Å². The third-order valence-corrected chi connectivity index (χ3v) is 4.40. The summed E-state index contributed by atoms with van der Waals surface area (Å²) >= 11 is 0. The molecule has 2 heterocycles. The van der Waals surface area contributed by atoms with Crippen LogP contribution < -0.4 is 15.7 Å². The van der Waals surface area contributed by atoms with E-state index in [0.717, 1.165) is 5.52 Å². The molecule has 0 saturated heterocycles. The van der Waals surface area contributed by atoms with Crippen LogP contribution in [0.15, 0.2) is 51.8 Å². The van der Waals surface area contributed by atoms with E-state index in [9.17, 15) is 9.59 Å². The zero-order valence-corrected chi connectivity index (χ0v) is 15.9. The van der Waals surface area contributed by atoms with Crippen molar-refractivity contribution in [2.75, 3.05) is 5.32 Å². The topological polar surface area (TPSA) is 115 Å². The average molecular weight is 393 g/mol. The Labute approximate surface area is 165 Å². The van der Waals surface area contributed by atoms with Gasteiger partial charge in [0.25, 0.3) is 11.8 Å². The number of nitrogens with zero attached hydrogens (tertiary/aromatic N) is 3. The van der Waals surface area contributed by atoms with E-state index in [2.05, 4.69) is 20.4 Å². The number of carbonyl (C=O) groups excluding carboxylic acids is 1. The molecule has 2 aromatic carbocycles. The van der Waals surface area contributed by atoms with Crippen LogP contribution in [0.1, 0.15) is 29.0 Å².